The normalized spacial score (nSPS) is 18.2. The quantitative estimate of drug-likeness (QED) is 0.0236. The highest BCUT2D eigenvalue weighted by atomic mass is 31.2. The lowest BCUT2D eigenvalue weighted by Crippen LogP contribution is -2.48. The summed E-state index contributed by atoms with van der Waals surface area (Å²) < 4.78 is 149. The molecule has 45 nitrogen and oxygen atoms in total. The van der Waals surface area contributed by atoms with Gasteiger partial charge in [-0.05, 0) is 47.5 Å². The number of amides is 5. The fourth-order valence-electron chi connectivity index (χ4n) is 9.28. The van der Waals surface area contributed by atoms with Gasteiger partial charge in [-0.3, -0.25) is 87.8 Å². The van der Waals surface area contributed by atoms with E-state index in [1.165, 1.54) is 98.8 Å². The van der Waals surface area contributed by atoms with Crippen molar-refractivity contribution in [2.75, 3.05) is 92.5 Å². The van der Waals surface area contributed by atoms with E-state index in [1.807, 2.05) is 0 Å². The van der Waals surface area contributed by atoms with E-state index < -0.39 is 254 Å². The minimum Gasteiger partial charge on any atom is -0.462 e. The Morgan fingerprint density at radius 2 is 0.487 bits per heavy atom. The third kappa shape index (κ3) is 61.6. The molecule has 5 amide bonds. The molecule has 0 aliphatic heterocycles. The van der Waals surface area contributed by atoms with Crippen LogP contribution < -0.4 is 55.3 Å². The number of nitrogens with two attached hydrogens (primary N) is 5. The summed E-state index contributed by atoms with van der Waals surface area (Å²) in [6.45, 7) is -3.44. The number of carbonyl (C=O) groups is 7. The lowest BCUT2D eigenvalue weighted by Gasteiger charge is -2.25. The number of aliphatic hydroxyl groups excluding tert-OH is 2. The minimum atomic E-state index is -5.44. The molecule has 0 aromatic carbocycles. The second-order valence-electron chi connectivity index (χ2n) is 27.5. The number of nitrogens with one attached hydrogen (secondary N) is 5. The van der Waals surface area contributed by atoms with Crippen LogP contribution in [0.5, 0.6) is 0 Å². The summed E-state index contributed by atoms with van der Waals surface area (Å²) in [4.78, 5) is 153. The van der Waals surface area contributed by atoms with E-state index in [0.717, 1.165) is 64.2 Å². The number of carbonyl (C=O) groups excluding carboxylic acids is 7. The van der Waals surface area contributed by atoms with Crippen molar-refractivity contribution < 1.29 is 164 Å². The van der Waals surface area contributed by atoms with Crippen LogP contribution >= 0.6 is 46.9 Å². The molecular weight excluding hydrogens is 1650 g/mol. The molecule has 0 aliphatic rings. The fourth-order valence-corrected chi connectivity index (χ4v) is 14.1. The minimum absolute atomic E-state index is 0.00706. The summed E-state index contributed by atoms with van der Waals surface area (Å²) in [5, 5.41) is 29.5. The van der Waals surface area contributed by atoms with E-state index >= 15 is 0 Å². The number of hydrogen-bond acceptors (Lipinski definition) is 34. The van der Waals surface area contributed by atoms with E-state index in [-0.39, 0.29) is 12.8 Å². The van der Waals surface area contributed by atoms with Crippen LogP contribution in [0, 0.1) is 0 Å². The van der Waals surface area contributed by atoms with Crippen LogP contribution in [0.4, 0.5) is 0 Å². The number of unbranched alkanes of at least 4 members (excludes halogenated alkanes) is 20. The Bertz CT molecular complexity index is 3070. The number of rotatable bonds is 74. The molecule has 115 heavy (non-hydrogen) atoms. The van der Waals surface area contributed by atoms with E-state index in [9.17, 15) is 95.4 Å². The molecule has 18 atom stereocenters. The Balaban J connectivity index is 6.21. The molecule has 0 saturated heterocycles. The van der Waals surface area contributed by atoms with E-state index in [1.54, 1.807) is 0 Å². The highest BCUT2D eigenvalue weighted by Crippen LogP contribution is 2.49. The maximum atomic E-state index is 13.4. The molecule has 23 N–H and O–H groups in total. The second-order valence-corrected chi connectivity index (χ2v) is 36.3. The van der Waals surface area contributed by atoms with Gasteiger partial charge >= 0.3 is 58.9 Å². The molecule has 0 radical (unpaired) electrons. The number of esters is 2. The average Bonchev–Trinajstić information content (AvgIpc) is 0.893. The van der Waals surface area contributed by atoms with Gasteiger partial charge in [-0.25, -0.2) is 27.4 Å². The lowest BCUT2D eigenvalue weighted by atomic mass is 10.1. The van der Waals surface area contributed by atoms with Gasteiger partial charge in [0.15, 0.2) is 6.10 Å². The van der Waals surface area contributed by atoms with Crippen molar-refractivity contribution in [2.45, 2.75) is 275 Å². The van der Waals surface area contributed by atoms with Crippen LogP contribution in [0.15, 0.2) is 0 Å². The molecule has 0 aromatic heterocycles. The van der Waals surface area contributed by atoms with Crippen LogP contribution in [-0.4, -0.2) is 246 Å². The zero-order valence-corrected chi connectivity index (χ0v) is 72.3. The van der Waals surface area contributed by atoms with Crippen molar-refractivity contribution in [3.63, 3.8) is 0 Å². The predicted molar refractivity (Wildman–Crippen MR) is 414 cm³/mol. The van der Waals surface area contributed by atoms with Gasteiger partial charge in [0.05, 0.1) is 146 Å². The zero-order chi connectivity index (χ0) is 87.3. The van der Waals surface area contributed by atoms with Crippen molar-refractivity contribution in [3.05, 3.63) is 0 Å². The summed E-state index contributed by atoms with van der Waals surface area (Å²) in [5.74, 6) is -6.11. The third-order valence-corrected chi connectivity index (χ3v) is 21.7. The van der Waals surface area contributed by atoms with Crippen LogP contribution in [0.3, 0.4) is 0 Å². The first-order valence-electron chi connectivity index (χ1n) is 38.4. The van der Waals surface area contributed by atoms with Gasteiger partial charge in [-0.2, -0.15) is 0 Å². The Morgan fingerprint density at radius 3 is 0.696 bits per heavy atom. The van der Waals surface area contributed by atoms with Crippen molar-refractivity contribution in [1.29, 1.82) is 0 Å². The van der Waals surface area contributed by atoms with E-state index in [0.29, 0.717) is 12.8 Å². The summed E-state index contributed by atoms with van der Waals surface area (Å²) in [6.07, 6.45) is 20.0. The number of phosphoric ester groups is 6. The first kappa shape index (κ1) is 112. The lowest BCUT2D eigenvalue weighted by molar-refractivity contribution is -0.161. The molecule has 678 valence electrons. The Labute approximate surface area is 673 Å². The summed E-state index contributed by atoms with van der Waals surface area (Å²) in [6, 6.07) is -14.6. The SMILES string of the molecule is CCCCCCCCCCCCCC(=O)OC[C@@H](COP(=O)(O)OCC(COP(=O)(O)OCC(COP(=O)(O)OCC(COP(=O)(O)OCC(COP(=O)(O)OCC(COP(=O)(O)OC[C@@H](O)CO)NC(=O)[C@@H](C)N)NC(=O)[C@@H](C)N)NC(=O)[C@@H](C)N)NC(=O)[C@@H](C)N)NC(=O)[C@@H](C)N)OC(=O)CCCCCCCCCCCCC. The molecule has 0 rings (SSSR count). The molecule has 0 heterocycles. The van der Waals surface area contributed by atoms with Crippen molar-refractivity contribution in [3.8, 4) is 0 Å². The standard InChI is InChI=1S/C64H132N10O35P6/c1-8-10-12-14-16-18-20-22-24-26-28-30-58(77)96-44-57(109-59(78)31-29-27-25-23-21-19-17-15-13-11-9-2)45-108-115(94,95)106-42-55(74-64(83)50(7)69)40-104-113(90,91)102-38-53(72-62(81)48(5)67)36-100-111(86,87)98-34-51(70-60(79)46(3)65)33-97-110(84,85)99-35-52(71-61(80)47(4)66)37-101-112(88,89)103-39-54(73-63(82)49(6)68)41-105-114(92,93)107-43-56(76)32-75/h46-57,75-76H,8-45,65-69H2,1-7H3,(H,70,79)(H,71,80)(H,72,81)(H,73,82)(H,74,83)(H,84,85)(H,86,87)(H,88,89)(H,90,91)(H,92,93)(H,94,95)/t46-,47-,48-,49-,50-,51?,52?,53?,54?,55?,56+,57+/m1/s1. The summed E-state index contributed by atoms with van der Waals surface area (Å²) >= 11 is 0. The van der Waals surface area contributed by atoms with Gasteiger partial charge in [0, 0.05) is 12.8 Å². The zero-order valence-electron chi connectivity index (χ0n) is 67.0. The summed E-state index contributed by atoms with van der Waals surface area (Å²) in [5.41, 5.74) is 28.3. The second kappa shape index (κ2) is 61.9. The number of hydrogen-bond donors (Lipinski definition) is 18. The van der Waals surface area contributed by atoms with Crippen molar-refractivity contribution in [1.82, 2.24) is 26.6 Å². The van der Waals surface area contributed by atoms with E-state index in [2.05, 4.69) is 45.0 Å². The van der Waals surface area contributed by atoms with Crippen molar-refractivity contribution >= 4 is 88.4 Å². The highest BCUT2D eigenvalue weighted by Gasteiger charge is 2.36. The van der Waals surface area contributed by atoms with Crippen molar-refractivity contribution in [2.24, 2.45) is 28.7 Å². The molecule has 0 fully saturated rings. The fraction of sp³-hybridized carbons (Fsp3) is 0.891. The highest BCUT2D eigenvalue weighted by molar-refractivity contribution is 7.48. The smallest absolute Gasteiger partial charge is 0.462 e. The Hall–Kier alpha value is -3.33. The maximum Gasteiger partial charge on any atom is 0.472 e. The first-order chi connectivity index (χ1) is 53.8. The van der Waals surface area contributed by atoms with Crippen LogP contribution in [0.2, 0.25) is 0 Å². The maximum absolute atomic E-state index is 13.4. The average molecular weight is 1790 g/mol. The predicted octanol–water partition coefficient (Wildman–Crippen LogP) is 3.16. The molecular formula is C64H132N10O35P6. The molecule has 0 aliphatic carbocycles. The third-order valence-electron chi connectivity index (χ3n) is 15.9. The molecule has 0 saturated carbocycles. The van der Waals surface area contributed by atoms with Gasteiger partial charge < -0.3 is 104 Å². The van der Waals surface area contributed by atoms with Crippen LogP contribution in [-0.2, 0) is 125 Å². The molecule has 11 unspecified atom stereocenters. The Kier molecular flexibility index (Phi) is 60.1. The van der Waals surface area contributed by atoms with E-state index in [4.69, 9.17) is 93.0 Å². The molecule has 0 aromatic rings. The number of phosphoric acid groups is 6. The van der Waals surface area contributed by atoms with Gasteiger partial charge in [0.25, 0.3) is 0 Å². The molecule has 0 bridgehead atoms. The number of aliphatic hydroxyl groups is 2. The van der Waals surface area contributed by atoms with Gasteiger partial charge in [0.2, 0.25) is 29.5 Å². The van der Waals surface area contributed by atoms with Crippen LogP contribution in [0.25, 0.3) is 0 Å². The van der Waals surface area contributed by atoms with Crippen LogP contribution in [0.1, 0.15) is 203 Å². The number of ether oxygens (including phenoxy) is 2. The summed E-state index contributed by atoms with van der Waals surface area (Å²) in [7, 11) is -31.8. The van der Waals surface area contributed by atoms with Gasteiger partial charge in [-0.15, -0.1) is 0 Å². The largest absolute Gasteiger partial charge is 0.472 e. The van der Waals surface area contributed by atoms with Gasteiger partial charge in [-0.1, -0.05) is 142 Å². The topological polar surface area (TPSA) is 703 Å². The monoisotopic (exact) mass is 1790 g/mol. The molecule has 51 heteroatoms. The first-order valence-corrected chi connectivity index (χ1v) is 47.4. The molecule has 0 spiro atoms. The van der Waals surface area contributed by atoms with Gasteiger partial charge in [0.1, 0.15) is 12.7 Å². The Morgan fingerprint density at radius 1 is 0.296 bits per heavy atom.